The lowest BCUT2D eigenvalue weighted by Gasteiger charge is -2.13. The largest absolute Gasteiger partial charge is 0.417 e. The molecule has 1 aliphatic rings. The number of halogens is 3. The molecule has 1 N–H and O–H groups in total. The summed E-state index contributed by atoms with van der Waals surface area (Å²) in [5.74, 6) is -2.12. The van der Waals surface area contributed by atoms with E-state index >= 15 is 0 Å². The van der Waals surface area contributed by atoms with Crippen molar-refractivity contribution in [2.45, 2.75) is 12.0 Å². The van der Waals surface area contributed by atoms with E-state index in [9.17, 15) is 18.0 Å². The number of epoxide rings is 1. The number of carbonyl (C=O) groups is 1. The zero-order valence-electron chi connectivity index (χ0n) is 10.2. The van der Waals surface area contributed by atoms with Crippen molar-refractivity contribution < 1.29 is 27.4 Å². The number of ether oxygens (including phenoxy) is 2. The SMILES string of the molecule is CO[C@]1(C(=O)Nc2ccc(C#N)c(C(F)(F)F)c2)CO1. The highest BCUT2D eigenvalue weighted by molar-refractivity contribution is 5.98. The third-order valence-electron chi connectivity index (χ3n) is 2.79. The van der Waals surface area contributed by atoms with Crippen molar-refractivity contribution in [3.63, 3.8) is 0 Å². The summed E-state index contributed by atoms with van der Waals surface area (Å²) in [6.07, 6.45) is -4.68. The lowest BCUT2D eigenvalue weighted by molar-refractivity contribution is -0.138. The molecular formula is C12H9F3N2O3. The fourth-order valence-electron chi connectivity index (χ4n) is 1.59. The Bertz CT molecular complexity index is 589. The minimum absolute atomic E-state index is 0.0394. The molecule has 1 aromatic rings. The summed E-state index contributed by atoms with van der Waals surface area (Å²) in [5, 5.41) is 10.9. The quantitative estimate of drug-likeness (QED) is 0.861. The van der Waals surface area contributed by atoms with Gasteiger partial charge in [-0.3, -0.25) is 4.79 Å². The van der Waals surface area contributed by atoms with Crippen LogP contribution < -0.4 is 5.32 Å². The average Bonchev–Trinajstić information content (AvgIpc) is 3.18. The van der Waals surface area contributed by atoms with Gasteiger partial charge >= 0.3 is 6.18 Å². The van der Waals surface area contributed by atoms with E-state index in [1.165, 1.54) is 19.2 Å². The summed E-state index contributed by atoms with van der Waals surface area (Å²) in [6.45, 7) is 0.0394. The van der Waals surface area contributed by atoms with Gasteiger partial charge in [0.15, 0.2) is 0 Å². The molecule has 1 heterocycles. The molecule has 1 amide bonds. The third kappa shape index (κ3) is 2.59. The van der Waals surface area contributed by atoms with Crippen LogP contribution in [0.2, 0.25) is 0 Å². The van der Waals surface area contributed by atoms with E-state index in [0.29, 0.717) is 6.07 Å². The summed E-state index contributed by atoms with van der Waals surface area (Å²) < 4.78 is 47.9. The van der Waals surface area contributed by atoms with E-state index in [1.807, 2.05) is 0 Å². The number of nitrogens with zero attached hydrogens (tertiary/aromatic N) is 1. The molecule has 0 aromatic heterocycles. The second kappa shape index (κ2) is 4.77. The van der Waals surface area contributed by atoms with Gasteiger partial charge in [-0.25, -0.2) is 0 Å². The topological polar surface area (TPSA) is 74.6 Å². The zero-order valence-corrected chi connectivity index (χ0v) is 10.2. The molecule has 2 rings (SSSR count). The van der Waals surface area contributed by atoms with Gasteiger partial charge in [0, 0.05) is 12.8 Å². The first-order valence-corrected chi connectivity index (χ1v) is 5.44. The molecule has 1 fully saturated rings. The molecule has 5 nitrogen and oxygen atoms in total. The first-order valence-electron chi connectivity index (χ1n) is 5.44. The summed E-state index contributed by atoms with van der Waals surface area (Å²) in [7, 11) is 1.26. The number of rotatable bonds is 3. The Labute approximate surface area is 111 Å². The average molecular weight is 286 g/mol. The Morgan fingerprint density at radius 3 is 2.65 bits per heavy atom. The van der Waals surface area contributed by atoms with Gasteiger partial charge in [0.05, 0.1) is 17.2 Å². The van der Waals surface area contributed by atoms with Gasteiger partial charge in [0.1, 0.15) is 6.61 Å². The normalized spacial score (nSPS) is 21.1. The van der Waals surface area contributed by atoms with Gasteiger partial charge in [0.2, 0.25) is 0 Å². The predicted molar refractivity (Wildman–Crippen MR) is 60.5 cm³/mol. The van der Waals surface area contributed by atoms with Crippen molar-refractivity contribution in [2.24, 2.45) is 0 Å². The first-order chi connectivity index (χ1) is 9.32. The number of alkyl halides is 3. The lowest BCUT2D eigenvalue weighted by atomic mass is 10.1. The minimum atomic E-state index is -4.68. The molecule has 1 saturated heterocycles. The van der Waals surface area contributed by atoms with E-state index in [4.69, 9.17) is 14.7 Å². The van der Waals surface area contributed by atoms with Crippen molar-refractivity contribution >= 4 is 11.6 Å². The Kier molecular flexibility index (Phi) is 3.41. The summed E-state index contributed by atoms with van der Waals surface area (Å²) in [5.41, 5.74) is -1.71. The van der Waals surface area contributed by atoms with Crippen LogP contribution in [0.3, 0.4) is 0 Å². The molecule has 0 unspecified atom stereocenters. The van der Waals surface area contributed by atoms with E-state index in [1.54, 1.807) is 0 Å². The molecule has 0 radical (unpaired) electrons. The highest BCUT2D eigenvalue weighted by Gasteiger charge is 2.53. The molecule has 20 heavy (non-hydrogen) atoms. The number of amides is 1. The Hall–Kier alpha value is -2.11. The molecule has 0 aliphatic carbocycles. The summed E-state index contributed by atoms with van der Waals surface area (Å²) in [4.78, 5) is 11.7. The molecule has 1 aromatic carbocycles. The monoisotopic (exact) mass is 286 g/mol. The van der Waals surface area contributed by atoms with Crippen molar-refractivity contribution in [3.8, 4) is 6.07 Å². The number of anilines is 1. The second-order valence-corrected chi connectivity index (χ2v) is 4.07. The first kappa shape index (κ1) is 14.3. The van der Waals surface area contributed by atoms with Gasteiger partial charge < -0.3 is 14.8 Å². The Morgan fingerprint density at radius 1 is 1.55 bits per heavy atom. The number of nitriles is 1. The van der Waals surface area contributed by atoms with Gasteiger partial charge in [0.25, 0.3) is 11.7 Å². The van der Waals surface area contributed by atoms with Crippen LogP contribution in [-0.4, -0.2) is 25.4 Å². The zero-order chi connectivity index (χ0) is 15.0. The predicted octanol–water partition coefficient (Wildman–Crippen LogP) is 1.89. The van der Waals surface area contributed by atoms with E-state index in [0.717, 1.165) is 6.07 Å². The maximum atomic E-state index is 12.8. The van der Waals surface area contributed by atoms with E-state index in [-0.39, 0.29) is 12.3 Å². The van der Waals surface area contributed by atoms with E-state index < -0.39 is 29.0 Å². The third-order valence-corrected chi connectivity index (χ3v) is 2.79. The number of hydrogen-bond acceptors (Lipinski definition) is 4. The lowest BCUT2D eigenvalue weighted by Crippen LogP contribution is -2.33. The maximum Gasteiger partial charge on any atom is 0.417 e. The molecule has 106 valence electrons. The highest BCUT2D eigenvalue weighted by atomic mass is 19.4. The van der Waals surface area contributed by atoms with Crippen LogP contribution in [-0.2, 0) is 20.4 Å². The highest BCUT2D eigenvalue weighted by Crippen LogP contribution is 2.34. The number of benzene rings is 1. The summed E-state index contributed by atoms with van der Waals surface area (Å²) >= 11 is 0. The molecular weight excluding hydrogens is 277 g/mol. The smallest absolute Gasteiger partial charge is 0.344 e. The van der Waals surface area contributed by atoms with Crippen LogP contribution in [0.4, 0.5) is 18.9 Å². The van der Waals surface area contributed by atoms with Gasteiger partial charge in [-0.2, -0.15) is 18.4 Å². The number of hydrogen-bond donors (Lipinski definition) is 1. The molecule has 0 saturated carbocycles. The Balaban J connectivity index is 2.26. The molecule has 8 heteroatoms. The van der Waals surface area contributed by atoms with Crippen molar-refractivity contribution in [2.75, 3.05) is 19.0 Å². The maximum absolute atomic E-state index is 12.8. The summed E-state index contributed by atoms with van der Waals surface area (Å²) in [6, 6.07) is 4.35. The van der Waals surface area contributed by atoms with E-state index in [2.05, 4.69) is 5.32 Å². The van der Waals surface area contributed by atoms with Crippen molar-refractivity contribution in [3.05, 3.63) is 29.3 Å². The molecule has 0 spiro atoms. The Morgan fingerprint density at radius 2 is 2.20 bits per heavy atom. The van der Waals surface area contributed by atoms with Crippen LogP contribution in [0, 0.1) is 11.3 Å². The fraction of sp³-hybridized carbons (Fsp3) is 0.333. The second-order valence-electron chi connectivity index (χ2n) is 4.07. The van der Waals surface area contributed by atoms with Crippen LogP contribution in [0.5, 0.6) is 0 Å². The van der Waals surface area contributed by atoms with Gasteiger partial charge in [-0.1, -0.05) is 0 Å². The number of carbonyl (C=O) groups excluding carboxylic acids is 1. The van der Waals surface area contributed by atoms with Crippen LogP contribution >= 0.6 is 0 Å². The fourth-order valence-corrected chi connectivity index (χ4v) is 1.59. The van der Waals surface area contributed by atoms with Crippen molar-refractivity contribution in [1.82, 2.24) is 0 Å². The van der Waals surface area contributed by atoms with Crippen molar-refractivity contribution in [1.29, 1.82) is 5.26 Å². The number of methoxy groups -OCH3 is 1. The van der Waals surface area contributed by atoms with Gasteiger partial charge in [-0.15, -0.1) is 0 Å². The minimum Gasteiger partial charge on any atom is -0.344 e. The van der Waals surface area contributed by atoms with Crippen LogP contribution in [0.25, 0.3) is 0 Å². The standard InChI is InChI=1S/C12H9F3N2O3/c1-19-11(6-20-11)10(18)17-8-3-2-7(5-16)9(4-8)12(13,14)15/h2-4H,6H2,1H3,(H,17,18)/t11-/m1/s1. The van der Waals surface area contributed by atoms with Crippen LogP contribution in [0.1, 0.15) is 11.1 Å². The number of nitrogens with one attached hydrogen (secondary N) is 1. The van der Waals surface area contributed by atoms with Gasteiger partial charge in [-0.05, 0) is 18.2 Å². The molecule has 1 aliphatic heterocycles. The molecule has 0 bridgehead atoms. The molecule has 1 atom stereocenters. The van der Waals surface area contributed by atoms with Crippen LogP contribution in [0.15, 0.2) is 18.2 Å².